The molecule has 0 atom stereocenters. The standard InChI is InChI=1S/C17H20ClNO3S/c1-2-14-7-9-16(10-8-14)22-12-11-19-23(20,21)13-15-5-3-4-6-17(15)18/h3-10,19H,2,11-13H2,1H3. The lowest BCUT2D eigenvalue weighted by molar-refractivity contribution is 0.322. The van der Waals surface area contributed by atoms with Crippen LogP contribution < -0.4 is 9.46 Å². The molecule has 0 amide bonds. The van der Waals surface area contributed by atoms with Gasteiger partial charge in [-0.1, -0.05) is 48.9 Å². The van der Waals surface area contributed by atoms with Gasteiger partial charge >= 0.3 is 0 Å². The van der Waals surface area contributed by atoms with Crippen LogP contribution in [0, 0.1) is 0 Å². The van der Waals surface area contributed by atoms with Gasteiger partial charge in [0.1, 0.15) is 12.4 Å². The summed E-state index contributed by atoms with van der Waals surface area (Å²) < 4.78 is 32.1. The van der Waals surface area contributed by atoms with E-state index in [0.717, 1.165) is 12.2 Å². The minimum atomic E-state index is -3.44. The van der Waals surface area contributed by atoms with E-state index < -0.39 is 10.0 Å². The number of rotatable bonds is 8. The molecule has 23 heavy (non-hydrogen) atoms. The Kier molecular flexibility index (Phi) is 6.45. The van der Waals surface area contributed by atoms with Gasteiger partial charge in [-0.3, -0.25) is 0 Å². The van der Waals surface area contributed by atoms with E-state index in [2.05, 4.69) is 11.6 Å². The van der Waals surface area contributed by atoms with Crippen LogP contribution in [-0.4, -0.2) is 21.6 Å². The number of hydrogen-bond acceptors (Lipinski definition) is 3. The van der Waals surface area contributed by atoms with Crippen LogP contribution in [0.5, 0.6) is 5.75 Å². The summed E-state index contributed by atoms with van der Waals surface area (Å²) in [6.45, 7) is 2.57. The average Bonchev–Trinajstić information content (AvgIpc) is 2.54. The molecule has 0 unspecified atom stereocenters. The fraction of sp³-hybridized carbons (Fsp3) is 0.294. The fourth-order valence-corrected chi connectivity index (χ4v) is 3.50. The third-order valence-electron chi connectivity index (χ3n) is 3.33. The Balaban J connectivity index is 1.79. The van der Waals surface area contributed by atoms with Crippen LogP contribution in [0.3, 0.4) is 0 Å². The number of ether oxygens (including phenoxy) is 1. The first-order chi connectivity index (χ1) is 11.0. The van der Waals surface area contributed by atoms with Crippen LogP contribution in [-0.2, 0) is 22.2 Å². The molecule has 0 saturated carbocycles. The van der Waals surface area contributed by atoms with Gasteiger partial charge in [-0.25, -0.2) is 13.1 Å². The van der Waals surface area contributed by atoms with E-state index in [1.54, 1.807) is 24.3 Å². The summed E-state index contributed by atoms with van der Waals surface area (Å²) in [4.78, 5) is 0. The minimum Gasteiger partial charge on any atom is -0.492 e. The van der Waals surface area contributed by atoms with Gasteiger partial charge in [-0.15, -0.1) is 0 Å². The summed E-state index contributed by atoms with van der Waals surface area (Å²) >= 11 is 5.98. The van der Waals surface area contributed by atoms with Crippen molar-refractivity contribution in [2.45, 2.75) is 19.1 Å². The summed E-state index contributed by atoms with van der Waals surface area (Å²) in [5, 5.41) is 0.449. The van der Waals surface area contributed by atoms with E-state index in [-0.39, 0.29) is 18.9 Å². The molecule has 2 aromatic carbocycles. The lowest BCUT2D eigenvalue weighted by atomic mass is 10.2. The first kappa shape index (κ1) is 17.8. The molecule has 124 valence electrons. The molecule has 0 spiro atoms. The first-order valence-corrected chi connectivity index (χ1v) is 9.45. The monoisotopic (exact) mass is 353 g/mol. The summed E-state index contributed by atoms with van der Waals surface area (Å²) in [6.07, 6.45) is 0.974. The predicted octanol–water partition coefficient (Wildman–Crippen LogP) is 3.40. The summed E-state index contributed by atoms with van der Waals surface area (Å²) in [5.74, 6) is 0.588. The molecule has 0 aliphatic rings. The molecule has 4 nitrogen and oxygen atoms in total. The largest absolute Gasteiger partial charge is 0.492 e. The molecule has 0 bridgehead atoms. The van der Waals surface area contributed by atoms with Crippen molar-refractivity contribution in [3.63, 3.8) is 0 Å². The highest BCUT2D eigenvalue weighted by atomic mass is 35.5. The van der Waals surface area contributed by atoms with E-state index in [0.29, 0.717) is 10.6 Å². The van der Waals surface area contributed by atoms with Crippen LogP contribution >= 0.6 is 11.6 Å². The number of benzene rings is 2. The molecule has 1 N–H and O–H groups in total. The van der Waals surface area contributed by atoms with Gasteiger partial charge < -0.3 is 4.74 Å². The van der Waals surface area contributed by atoms with Gasteiger partial charge in [0.05, 0.1) is 5.75 Å². The summed E-state index contributed by atoms with van der Waals surface area (Å²) in [6, 6.07) is 14.7. The van der Waals surface area contributed by atoms with E-state index in [9.17, 15) is 8.42 Å². The van der Waals surface area contributed by atoms with Crippen molar-refractivity contribution < 1.29 is 13.2 Å². The predicted molar refractivity (Wildman–Crippen MR) is 93.4 cm³/mol. The van der Waals surface area contributed by atoms with Crippen LogP contribution in [0.4, 0.5) is 0 Å². The van der Waals surface area contributed by atoms with Crippen molar-refractivity contribution in [3.05, 3.63) is 64.7 Å². The molecule has 0 aliphatic carbocycles. The number of halogens is 1. The molecule has 0 heterocycles. The Labute approximate surface area is 142 Å². The third-order valence-corrected chi connectivity index (χ3v) is 5.03. The lowest BCUT2D eigenvalue weighted by Crippen LogP contribution is -2.29. The zero-order valence-electron chi connectivity index (χ0n) is 13.0. The molecule has 0 saturated heterocycles. The molecule has 0 aromatic heterocycles. The second-order valence-corrected chi connectivity index (χ2v) is 7.30. The Bertz CT molecular complexity index is 730. The zero-order valence-corrected chi connectivity index (χ0v) is 14.5. The third kappa shape index (κ3) is 5.86. The van der Waals surface area contributed by atoms with Crippen molar-refractivity contribution in [2.75, 3.05) is 13.2 Å². The van der Waals surface area contributed by atoms with Crippen LogP contribution in [0.15, 0.2) is 48.5 Å². The quantitative estimate of drug-likeness (QED) is 0.740. The molecular weight excluding hydrogens is 334 g/mol. The molecule has 0 radical (unpaired) electrons. The van der Waals surface area contributed by atoms with Crippen molar-refractivity contribution in [1.29, 1.82) is 0 Å². The molecule has 0 fully saturated rings. The van der Waals surface area contributed by atoms with Crippen molar-refractivity contribution in [2.24, 2.45) is 0 Å². The summed E-state index contributed by atoms with van der Waals surface area (Å²) in [7, 11) is -3.44. The molecule has 0 aliphatic heterocycles. The van der Waals surface area contributed by atoms with E-state index in [4.69, 9.17) is 16.3 Å². The van der Waals surface area contributed by atoms with Crippen LogP contribution in [0.25, 0.3) is 0 Å². The van der Waals surface area contributed by atoms with E-state index in [1.165, 1.54) is 5.56 Å². The second kappa shape index (κ2) is 8.34. The Morgan fingerprint density at radius 3 is 2.43 bits per heavy atom. The normalized spacial score (nSPS) is 11.4. The van der Waals surface area contributed by atoms with Crippen molar-refractivity contribution in [3.8, 4) is 5.75 Å². The van der Waals surface area contributed by atoms with Gasteiger partial charge in [0.2, 0.25) is 10.0 Å². The maximum Gasteiger partial charge on any atom is 0.215 e. The molecule has 6 heteroatoms. The number of nitrogens with one attached hydrogen (secondary N) is 1. The molecular formula is C17H20ClNO3S. The lowest BCUT2D eigenvalue weighted by Gasteiger charge is -2.09. The highest BCUT2D eigenvalue weighted by molar-refractivity contribution is 7.88. The van der Waals surface area contributed by atoms with Gasteiger partial charge in [0.15, 0.2) is 0 Å². The number of hydrogen-bond donors (Lipinski definition) is 1. The molecule has 2 aromatic rings. The first-order valence-electron chi connectivity index (χ1n) is 7.42. The Hall–Kier alpha value is -1.56. The molecule has 2 rings (SSSR count). The van der Waals surface area contributed by atoms with Crippen LogP contribution in [0.2, 0.25) is 5.02 Å². The maximum atomic E-state index is 12.0. The Morgan fingerprint density at radius 2 is 1.78 bits per heavy atom. The van der Waals surface area contributed by atoms with Gasteiger partial charge in [0, 0.05) is 11.6 Å². The van der Waals surface area contributed by atoms with Gasteiger partial charge in [-0.05, 0) is 35.7 Å². The van der Waals surface area contributed by atoms with E-state index in [1.807, 2.05) is 24.3 Å². The zero-order chi connectivity index (χ0) is 16.7. The van der Waals surface area contributed by atoms with Gasteiger partial charge in [-0.2, -0.15) is 0 Å². The average molecular weight is 354 g/mol. The van der Waals surface area contributed by atoms with Crippen molar-refractivity contribution >= 4 is 21.6 Å². The smallest absolute Gasteiger partial charge is 0.215 e. The van der Waals surface area contributed by atoms with Gasteiger partial charge in [0.25, 0.3) is 0 Å². The van der Waals surface area contributed by atoms with Crippen molar-refractivity contribution in [1.82, 2.24) is 4.72 Å². The SMILES string of the molecule is CCc1ccc(OCCNS(=O)(=O)Cc2ccccc2Cl)cc1. The number of sulfonamides is 1. The highest BCUT2D eigenvalue weighted by Gasteiger charge is 2.13. The van der Waals surface area contributed by atoms with E-state index >= 15 is 0 Å². The fourth-order valence-electron chi connectivity index (χ4n) is 2.06. The maximum absolute atomic E-state index is 12.0. The topological polar surface area (TPSA) is 55.4 Å². The summed E-state index contributed by atoms with van der Waals surface area (Å²) in [5.41, 5.74) is 1.82. The van der Waals surface area contributed by atoms with Crippen LogP contribution in [0.1, 0.15) is 18.1 Å². The minimum absolute atomic E-state index is 0.141. The number of aryl methyl sites for hydroxylation is 1. The second-order valence-electron chi connectivity index (χ2n) is 5.09. The Morgan fingerprint density at radius 1 is 1.09 bits per heavy atom. The highest BCUT2D eigenvalue weighted by Crippen LogP contribution is 2.17.